The van der Waals surface area contributed by atoms with Crippen LogP contribution in [-0.4, -0.2) is 51.3 Å². The van der Waals surface area contributed by atoms with Crippen molar-refractivity contribution in [3.8, 4) is 5.75 Å². The number of rotatable bonds is 0. The third-order valence-corrected chi connectivity index (χ3v) is 9.93. The van der Waals surface area contributed by atoms with Gasteiger partial charge in [-0.15, -0.1) is 0 Å². The number of benzene rings is 1. The Morgan fingerprint density at radius 3 is 2.70 bits per heavy atom. The zero-order chi connectivity index (χ0) is 23.1. The summed E-state index contributed by atoms with van der Waals surface area (Å²) in [5.41, 5.74) is 2.85. The highest BCUT2D eigenvalue weighted by Gasteiger charge is 2.70. The molecular weight excluding hydrogens is 414 g/mol. The van der Waals surface area contributed by atoms with Crippen molar-refractivity contribution in [3.05, 3.63) is 29.0 Å². The minimum absolute atomic E-state index is 0.140. The number of H-pyrrole nitrogens is 1. The highest BCUT2D eigenvalue weighted by molar-refractivity contribution is 6.11. The van der Waals surface area contributed by atoms with Crippen LogP contribution in [0.4, 0.5) is 0 Å². The largest absolute Gasteiger partial charge is 0.487 e. The molecule has 5 aliphatic heterocycles. The van der Waals surface area contributed by atoms with Gasteiger partial charge in [0.25, 0.3) is 0 Å². The number of fused-ring (bicyclic) bond motifs is 6. The molecule has 1 aromatic heterocycles. The summed E-state index contributed by atoms with van der Waals surface area (Å²) in [7, 11) is 0. The molecule has 4 unspecified atom stereocenters. The van der Waals surface area contributed by atoms with Gasteiger partial charge < -0.3 is 15.0 Å². The van der Waals surface area contributed by atoms with E-state index in [0.717, 1.165) is 43.3 Å². The molecule has 1 aliphatic carbocycles. The quantitative estimate of drug-likeness (QED) is 0.646. The van der Waals surface area contributed by atoms with Crippen LogP contribution in [0.15, 0.2) is 12.1 Å². The van der Waals surface area contributed by atoms with Crippen molar-refractivity contribution in [2.24, 2.45) is 11.8 Å². The number of carbonyl (C=O) groups excluding carboxylic acids is 2. The molecule has 0 radical (unpaired) electrons. The van der Waals surface area contributed by atoms with E-state index in [-0.39, 0.29) is 28.2 Å². The summed E-state index contributed by atoms with van der Waals surface area (Å²) in [6, 6.07) is 4.08. The maximum absolute atomic E-state index is 13.5. The van der Waals surface area contributed by atoms with E-state index in [9.17, 15) is 9.59 Å². The van der Waals surface area contributed by atoms with E-state index in [0.29, 0.717) is 29.6 Å². The van der Waals surface area contributed by atoms with Gasteiger partial charge in [-0.25, -0.2) is 0 Å². The number of hydrogen-bond acceptors (Lipinski definition) is 4. The van der Waals surface area contributed by atoms with Crippen LogP contribution in [0.25, 0.3) is 10.9 Å². The van der Waals surface area contributed by atoms with Gasteiger partial charge in [0.15, 0.2) is 5.78 Å². The van der Waals surface area contributed by atoms with Gasteiger partial charge in [-0.3, -0.25) is 14.5 Å². The number of ketones is 1. The molecule has 4 saturated heterocycles. The van der Waals surface area contributed by atoms with E-state index in [1.807, 2.05) is 19.9 Å². The fourth-order valence-corrected chi connectivity index (χ4v) is 8.39. The van der Waals surface area contributed by atoms with Crippen molar-refractivity contribution in [3.63, 3.8) is 0 Å². The minimum atomic E-state index is -0.484. The smallest absolute Gasteiger partial charge is 0.241 e. The topological polar surface area (TPSA) is 74.4 Å². The van der Waals surface area contributed by atoms with Crippen molar-refractivity contribution in [2.75, 3.05) is 13.1 Å². The molecule has 6 nitrogen and oxygen atoms in total. The fraction of sp³-hybridized carbons (Fsp3) is 0.630. The minimum Gasteiger partial charge on any atom is -0.487 e. The molecule has 33 heavy (non-hydrogen) atoms. The molecule has 8 rings (SSSR count). The third-order valence-electron chi connectivity index (χ3n) is 9.93. The first-order chi connectivity index (χ1) is 15.5. The van der Waals surface area contributed by atoms with Crippen LogP contribution in [0.5, 0.6) is 5.75 Å². The average Bonchev–Trinajstić information content (AvgIpc) is 3.24. The number of amides is 1. The molecule has 1 amide bonds. The molecule has 174 valence electrons. The summed E-state index contributed by atoms with van der Waals surface area (Å²) < 4.78 is 6.19. The molecule has 6 aliphatic rings. The number of ether oxygens (including phenoxy) is 1. The summed E-state index contributed by atoms with van der Waals surface area (Å²) in [4.78, 5) is 33.0. The second kappa shape index (κ2) is 5.65. The van der Waals surface area contributed by atoms with Crippen LogP contribution >= 0.6 is 0 Å². The second-order valence-corrected chi connectivity index (χ2v) is 12.6. The summed E-state index contributed by atoms with van der Waals surface area (Å²) in [5, 5.41) is 4.68. The van der Waals surface area contributed by atoms with Crippen LogP contribution in [0.1, 0.15) is 75.5 Å². The Hall–Kier alpha value is -2.34. The van der Waals surface area contributed by atoms with Crippen molar-refractivity contribution in [1.82, 2.24) is 15.2 Å². The van der Waals surface area contributed by atoms with Gasteiger partial charge in [-0.05, 0) is 69.2 Å². The van der Waals surface area contributed by atoms with Crippen LogP contribution < -0.4 is 10.1 Å². The number of nitrogens with one attached hydrogen (secondary N) is 2. The Labute approximate surface area is 194 Å². The molecule has 2 spiro atoms. The average molecular weight is 448 g/mol. The van der Waals surface area contributed by atoms with Gasteiger partial charge in [0.1, 0.15) is 16.9 Å². The molecule has 2 N–H and O–H groups in total. The van der Waals surface area contributed by atoms with Crippen LogP contribution in [-0.2, 0) is 16.6 Å². The van der Waals surface area contributed by atoms with E-state index < -0.39 is 5.60 Å². The number of aromatic amines is 1. The molecule has 4 fully saturated rings. The normalized spacial score (nSPS) is 37.7. The van der Waals surface area contributed by atoms with Gasteiger partial charge in [-0.1, -0.05) is 20.8 Å². The zero-order valence-corrected chi connectivity index (χ0v) is 20.2. The number of piperazine rings is 1. The van der Waals surface area contributed by atoms with Crippen molar-refractivity contribution in [1.29, 1.82) is 0 Å². The number of carbonyl (C=O) groups is 2. The van der Waals surface area contributed by atoms with E-state index >= 15 is 0 Å². The van der Waals surface area contributed by atoms with E-state index in [4.69, 9.17) is 4.74 Å². The number of piperidine rings is 2. The Balaban J connectivity index is 1.43. The Bertz CT molecular complexity index is 1270. The molecule has 1 aromatic carbocycles. The maximum Gasteiger partial charge on any atom is 0.241 e. The van der Waals surface area contributed by atoms with E-state index in [2.05, 4.69) is 42.0 Å². The summed E-state index contributed by atoms with van der Waals surface area (Å²) in [6.45, 7) is 12.8. The maximum atomic E-state index is 13.5. The molecule has 0 saturated carbocycles. The predicted octanol–water partition coefficient (Wildman–Crippen LogP) is 3.71. The summed E-state index contributed by atoms with van der Waals surface area (Å²) >= 11 is 0. The molecule has 6 heterocycles. The van der Waals surface area contributed by atoms with Gasteiger partial charge >= 0.3 is 0 Å². The zero-order valence-electron chi connectivity index (χ0n) is 20.2. The monoisotopic (exact) mass is 447 g/mol. The van der Waals surface area contributed by atoms with Gasteiger partial charge in [0, 0.05) is 23.0 Å². The first-order valence-corrected chi connectivity index (χ1v) is 12.5. The highest BCUT2D eigenvalue weighted by atomic mass is 16.5. The van der Waals surface area contributed by atoms with Crippen LogP contribution in [0, 0.1) is 11.8 Å². The first kappa shape index (κ1) is 20.1. The van der Waals surface area contributed by atoms with Crippen LogP contribution in [0.3, 0.4) is 0 Å². The predicted molar refractivity (Wildman–Crippen MR) is 126 cm³/mol. The van der Waals surface area contributed by atoms with Crippen molar-refractivity contribution < 1.29 is 14.3 Å². The van der Waals surface area contributed by atoms with Crippen molar-refractivity contribution in [2.45, 2.75) is 82.4 Å². The molecule has 4 atom stereocenters. The number of Topliss-reactive ketones (excluding diaryl/α,β-unsaturated/α-hetero) is 1. The lowest BCUT2D eigenvalue weighted by molar-refractivity contribution is -0.164. The summed E-state index contributed by atoms with van der Waals surface area (Å²) in [5.74, 6) is 1.78. The Morgan fingerprint density at radius 2 is 1.91 bits per heavy atom. The van der Waals surface area contributed by atoms with Gasteiger partial charge in [0.2, 0.25) is 5.91 Å². The summed E-state index contributed by atoms with van der Waals surface area (Å²) in [6.07, 6.45) is 3.19. The van der Waals surface area contributed by atoms with Gasteiger partial charge in [-0.2, -0.15) is 0 Å². The number of hydrogen-bond donors (Lipinski definition) is 2. The standard InChI is InChI=1S/C27H33N3O3/c1-14-8-9-30-13-26-10-16-15-6-7-18-20(17(31)11-24(2,3)33-18)21(15)28-22(16)25(4,5)19(26)12-27(14,30)23(32)29-26/h6-7,14,19,28H,8-13H2,1-5H3,(H,29,32). The van der Waals surface area contributed by atoms with Crippen LogP contribution in [0.2, 0.25) is 0 Å². The van der Waals surface area contributed by atoms with E-state index in [1.165, 1.54) is 11.3 Å². The SMILES string of the molecule is CC1CCN2CC34Cc5c([nH]c6c7c(ccc56)OC(C)(C)CC7=O)C(C)(C)C3CC12C(=O)N4. The van der Waals surface area contributed by atoms with Gasteiger partial charge in [0.05, 0.1) is 23.0 Å². The van der Waals surface area contributed by atoms with E-state index in [1.54, 1.807) is 0 Å². The Kier molecular flexibility index (Phi) is 3.44. The lowest BCUT2D eigenvalue weighted by Crippen LogP contribution is -2.83. The highest BCUT2D eigenvalue weighted by Crippen LogP contribution is 2.60. The molecular formula is C27H33N3O3. The molecule has 2 bridgehead atoms. The lowest BCUT2D eigenvalue weighted by atomic mass is 9.51. The first-order valence-electron chi connectivity index (χ1n) is 12.5. The van der Waals surface area contributed by atoms with Crippen molar-refractivity contribution >= 4 is 22.6 Å². The third kappa shape index (κ3) is 2.20. The number of nitrogens with zero attached hydrogens (tertiary/aromatic N) is 1. The molecule has 6 heteroatoms. The second-order valence-electron chi connectivity index (χ2n) is 12.6. The molecule has 2 aromatic rings. The Morgan fingerprint density at radius 1 is 1.12 bits per heavy atom. The fourth-order valence-electron chi connectivity index (χ4n) is 8.39. The number of aromatic nitrogens is 1. The lowest BCUT2D eigenvalue weighted by Gasteiger charge is -2.66.